The monoisotopic (exact) mass is 190 g/mol. The normalized spacial score (nSPS) is 24.6. The van der Waals surface area contributed by atoms with Crippen molar-refractivity contribution in [2.24, 2.45) is 0 Å². The van der Waals surface area contributed by atoms with E-state index in [1.807, 2.05) is 0 Å². The summed E-state index contributed by atoms with van der Waals surface area (Å²) in [5.74, 6) is 1.03. The van der Waals surface area contributed by atoms with Crippen LogP contribution in [0.3, 0.4) is 0 Å². The van der Waals surface area contributed by atoms with Gasteiger partial charge in [-0.3, -0.25) is 0 Å². The van der Waals surface area contributed by atoms with Gasteiger partial charge in [-0.2, -0.15) is 0 Å². The molecule has 0 amide bonds. The molecule has 14 heavy (non-hydrogen) atoms. The second kappa shape index (κ2) is 5.28. The van der Waals surface area contributed by atoms with Gasteiger partial charge in [-0.05, 0) is 0 Å². The van der Waals surface area contributed by atoms with E-state index in [-0.39, 0.29) is 0 Å². The van der Waals surface area contributed by atoms with E-state index in [0.29, 0.717) is 0 Å². The van der Waals surface area contributed by atoms with Gasteiger partial charge in [-0.25, -0.2) is 0 Å². The molecule has 2 aliphatic heterocycles. The van der Waals surface area contributed by atoms with Crippen molar-refractivity contribution in [2.45, 2.75) is 76.4 Å². The zero-order valence-electron chi connectivity index (χ0n) is 9.80. The molecule has 2 heteroatoms. The van der Waals surface area contributed by atoms with E-state index in [0.717, 1.165) is 19.2 Å². The van der Waals surface area contributed by atoms with Gasteiger partial charge in [0.25, 0.3) is 0 Å². The summed E-state index contributed by atoms with van der Waals surface area (Å²) in [6.07, 6.45) is 15.3. The lowest BCUT2D eigenvalue weighted by Gasteiger charge is -2.16. The molecular weight excluding hydrogens is 166 g/mol. The summed E-state index contributed by atoms with van der Waals surface area (Å²) in [5.41, 5.74) is 0. The van der Waals surface area contributed by atoms with Crippen LogP contribution in [0.5, 0.6) is 0 Å². The smallest absolute Gasteiger partial charge is 0.0745 e. The van der Waals surface area contributed by atoms with Gasteiger partial charge in [0.15, 0.2) is 0 Å². The van der Waals surface area contributed by atoms with Gasteiger partial charge in [0.05, 0.1) is 0 Å². The average Bonchev–Trinajstić information content (AvgIpc) is 2.87. The van der Waals surface area contributed by atoms with Crippen LogP contribution in [0.1, 0.15) is 39.0 Å². The standard InChI is InChI=1S/C12H24B2/c1-12(14-9-4-5-10-14)6-11-13-7-2-3-8-13/h12H,2-11H2,1H3. The van der Waals surface area contributed by atoms with E-state index in [1.54, 1.807) is 0 Å². The molecule has 78 valence electrons. The zero-order valence-corrected chi connectivity index (χ0v) is 9.80. The van der Waals surface area contributed by atoms with Crippen LogP contribution in [0.2, 0.25) is 37.4 Å². The van der Waals surface area contributed by atoms with Gasteiger partial charge in [-0.15, -0.1) is 0 Å². The minimum atomic E-state index is 1.03. The minimum absolute atomic E-state index is 1.03. The van der Waals surface area contributed by atoms with E-state index in [9.17, 15) is 0 Å². The highest BCUT2D eigenvalue weighted by Gasteiger charge is 2.26. The van der Waals surface area contributed by atoms with E-state index >= 15 is 0 Å². The van der Waals surface area contributed by atoms with Gasteiger partial charge < -0.3 is 0 Å². The first-order chi connectivity index (χ1) is 6.86. The van der Waals surface area contributed by atoms with Gasteiger partial charge in [-0.1, -0.05) is 76.4 Å². The fraction of sp³-hybridized carbons (Fsp3) is 1.00. The first-order valence-corrected chi connectivity index (χ1v) is 6.86. The maximum absolute atomic E-state index is 2.50. The Morgan fingerprint density at radius 1 is 0.929 bits per heavy atom. The predicted octanol–water partition coefficient (Wildman–Crippen LogP) is 4.34. The fourth-order valence-electron chi connectivity index (χ4n) is 3.56. The van der Waals surface area contributed by atoms with Crippen molar-refractivity contribution in [3.05, 3.63) is 0 Å². The van der Waals surface area contributed by atoms with Crippen LogP contribution in [0, 0.1) is 0 Å². The molecule has 0 radical (unpaired) electrons. The van der Waals surface area contributed by atoms with E-state index in [4.69, 9.17) is 0 Å². The summed E-state index contributed by atoms with van der Waals surface area (Å²) in [7, 11) is 0. The van der Waals surface area contributed by atoms with E-state index in [2.05, 4.69) is 6.92 Å². The lowest BCUT2D eigenvalue weighted by molar-refractivity contribution is 0.840. The van der Waals surface area contributed by atoms with Crippen LogP contribution in [0.15, 0.2) is 0 Å². The summed E-state index contributed by atoms with van der Waals surface area (Å²) in [4.78, 5) is 0. The maximum Gasteiger partial charge on any atom is 0.142 e. The SMILES string of the molecule is CC(CCB1CCCC1)B1CCCC1. The molecule has 2 fully saturated rings. The number of rotatable bonds is 4. The molecule has 2 heterocycles. The molecule has 0 aliphatic carbocycles. The molecule has 0 aromatic rings. The highest BCUT2D eigenvalue weighted by molar-refractivity contribution is 6.62. The van der Waals surface area contributed by atoms with Crippen molar-refractivity contribution in [3.63, 3.8) is 0 Å². The molecule has 1 unspecified atom stereocenters. The maximum atomic E-state index is 2.50. The van der Waals surface area contributed by atoms with Crippen LogP contribution >= 0.6 is 0 Å². The third-order valence-corrected chi connectivity index (χ3v) is 4.71. The summed E-state index contributed by atoms with van der Waals surface area (Å²) >= 11 is 0. The van der Waals surface area contributed by atoms with Gasteiger partial charge in [0.1, 0.15) is 13.4 Å². The second-order valence-electron chi connectivity index (χ2n) is 5.75. The van der Waals surface area contributed by atoms with Crippen LogP contribution in [0.4, 0.5) is 0 Å². The molecule has 0 nitrogen and oxygen atoms in total. The molecule has 0 aromatic carbocycles. The van der Waals surface area contributed by atoms with Crippen LogP contribution in [-0.2, 0) is 0 Å². The Kier molecular flexibility index (Phi) is 4.01. The molecule has 2 rings (SSSR count). The summed E-state index contributed by atoms with van der Waals surface area (Å²) in [6, 6.07) is 0. The van der Waals surface area contributed by atoms with Crippen molar-refractivity contribution >= 4 is 13.4 Å². The van der Waals surface area contributed by atoms with Gasteiger partial charge in [0.2, 0.25) is 0 Å². The Hall–Kier alpha value is 0.130. The lowest BCUT2D eigenvalue weighted by atomic mass is 9.37. The molecule has 2 saturated heterocycles. The minimum Gasteiger partial charge on any atom is -0.0745 e. The Morgan fingerprint density at radius 3 is 2.14 bits per heavy atom. The first kappa shape index (κ1) is 10.6. The van der Waals surface area contributed by atoms with Crippen molar-refractivity contribution in [1.82, 2.24) is 0 Å². The Bertz CT molecular complexity index is 158. The quantitative estimate of drug-likeness (QED) is 0.578. The van der Waals surface area contributed by atoms with Crippen LogP contribution < -0.4 is 0 Å². The van der Waals surface area contributed by atoms with Crippen molar-refractivity contribution in [3.8, 4) is 0 Å². The number of hydrogen-bond acceptors (Lipinski definition) is 0. The molecule has 1 atom stereocenters. The molecular formula is C12H24B2. The largest absolute Gasteiger partial charge is 0.142 e. The third kappa shape index (κ3) is 2.81. The summed E-state index contributed by atoms with van der Waals surface area (Å²) < 4.78 is 0. The zero-order chi connectivity index (χ0) is 9.80. The van der Waals surface area contributed by atoms with Gasteiger partial charge >= 0.3 is 0 Å². The Labute approximate surface area is 90.4 Å². The highest BCUT2D eigenvalue weighted by atomic mass is 14.1. The molecule has 2 aliphatic rings. The topological polar surface area (TPSA) is 0 Å². The van der Waals surface area contributed by atoms with Crippen molar-refractivity contribution in [1.29, 1.82) is 0 Å². The number of hydrogen-bond donors (Lipinski definition) is 0. The summed E-state index contributed by atoms with van der Waals surface area (Å²) in [6.45, 7) is 4.71. The second-order valence-corrected chi connectivity index (χ2v) is 5.75. The molecule has 0 N–H and O–H groups in total. The van der Waals surface area contributed by atoms with Crippen molar-refractivity contribution < 1.29 is 0 Å². The molecule has 0 bridgehead atoms. The van der Waals surface area contributed by atoms with E-state index in [1.165, 1.54) is 63.7 Å². The molecule has 0 saturated carbocycles. The Balaban J connectivity index is 1.63. The average molecular weight is 190 g/mol. The fourth-order valence-corrected chi connectivity index (χ4v) is 3.56. The predicted molar refractivity (Wildman–Crippen MR) is 68.1 cm³/mol. The first-order valence-electron chi connectivity index (χ1n) is 6.86. The third-order valence-electron chi connectivity index (χ3n) is 4.71. The van der Waals surface area contributed by atoms with Crippen LogP contribution in [-0.4, -0.2) is 13.4 Å². The van der Waals surface area contributed by atoms with Gasteiger partial charge in [0, 0.05) is 0 Å². The van der Waals surface area contributed by atoms with Crippen LogP contribution in [0.25, 0.3) is 0 Å². The molecule has 0 aromatic heterocycles. The lowest BCUT2D eigenvalue weighted by Crippen LogP contribution is -2.16. The highest BCUT2D eigenvalue weighted by Crippen LogP contribution is 2.33. The van der Waals surface area contributed by atoms with Crippen molar-refractivity contribution in [2.75, 3.05) is 0 Å². The van der Waals surface area contributed by atoms with E-state index < -0.39 is 0 Å². The molecule has 0 spiro atoms. The Morgan fingerprint density at radius 2 is 1.50 bits per heavy atom. The summed E-state index contributed by atoms with van der Waals surface area (Å²) in [5, 5.41) is 0.